The summed E-state index contributed by atoms with van der Waals surface area (Å²) in [7, 11) is 1.61. The molecule has 0 aliphatic heterocycles. The third kappa shape index (κ3) is 7.31. The molecule has 1 N–H and O–H groups in total. The molecule has 1 unspecified atom stereocenters. The number of benzene rings is 3. The van der Waals surface area contributed by atoms with Crippen molar-refractivity contribution < 1.29 is 23.9 Å². The van der Waals surface area contributed by atoms with Crippen molar-refractivity contribution in [3.8, 4) is 23.8 Å². The number of nitrogens with one attached hydrogen (secondary N) is 1. The van der Waals surface area contributed by atoms with E-state index in [1.165, 1.54) is 0 Å². The highest BCUT2D eigenvalue weighted by Gasteiger charge is 2.18. The number of ether oxygens (including phenoxy) is 2. The van der Waals surface area contributed by atoms with Gasteiger partial charge in [0.25, 0.3) is 5.91 Å². The van der Waals surface area contributed by atoms with E-state index in [9.17, 15) is 14.4 Å². The number of hydrogen-bond acceptors (Lipinski definition) is 5. The number of hydrogen-bond donors (Lipinski definition) is 1. The predicted molar refractivity (Wildman–Crippen MR) is 135 cm³/mol. The van der Waals surface area contributed by atoms with Crippen LogP contribution in [0.5, 0.6) is 11.5 Å². The second-order valence-corrected chi connectivity index (χ2v) is 8.16. The molecule has 0 spiro atoms. The van der Waals surface area contributed by atoms with Crippen molar-refractivity contribution in [3.63, 3.8) is 0 Å². The van der Waals surface area contributed by atoms with Crippen molar-refractivity contribution in [2.75, 3.05) is 19.0 Å². The molecule has 3 aromatic rings. The summed E-state index contributed by atoms with van der Waals surface area (Å²) in [6.45, 7) is 2.09. The van der Waals surface area contributed by atoms with Gasteiger partial charge in [0.1, 0.15) is 18.1 Å². The third-order valence-electron chi connectivity index (χ3n) is 5.37. The Morgan fingerprint density at radius 2 is 1.46 bits per heavy atom. The second-order valence-electron chi connectivity index (χ2n) is 8.16. The SMILES string of the molecule is C#CCOc1ccc(C(=O)c2ccc(NC(=O)C(=O)CC(C)Cc3ccc(OC)cc3)cc2)cc1. The molecule has 6 nitrogen and oxygen atoms in total. The molecular weight excluding hydrogens is 442 g/mol. The van der Waals surface area contributed by atoms with Crippen LogP contribution in [0.2, 0.25) is 0 Å². The molecule has 1 atom stereocenters. The fraction of sp³-hybridized carbons (Fsp3) is 0.207. The Balaban J connectivity index is 1.52. The van der Waals surface area contributed by atoms with Crippen molar-refractivity contribution in [1.29, 1.82) is 0 Å². The zero-order chi connectivity index (χ0) is 25.2. The zero-order valence-electron chi connectivity index (χ0n) is 19.7. The van der Waals surface area contributed by atoms with E-state index in [4.69, 9.17) is 15.9 Å². The summed E-state index contributed by atoms with van der Waals surface area (Å²) in [5, 5.41) is 2.61. The average molecular weight is 470 g/mol. The molecule has 35 heavy (non-hydrogen) atoms. The first kappa shape index (κ1) is 25.3. The summed E-state index contributed by atoms with van der Waals surface area (Å²) < 4.78 is 10.5. The Morgan fingerprint density at radius 3 is 2.03 bits per heavy atom. The summed E-state index contributed by atoms with van der Waals surface area (Å²) in [6.07, 6.45) is 5.98. The maximum absolute atomic E-state index is 12.7. The van der Waals surface area contributed by atoms with Gasteiger partial charge in [0, 0.05) is 23.2 Å². The van der Waals surface area contributed by atoms with Gasteiger partial charge < -0.3 is 14.8 Å². The fourth-order valence-corrected chi connectivity index (χ4v) is 3.55. The Kier molecular flexibility index (Phi) is 8.80. The maximum Gasteiger partial charge on any atom is 0.291 e. The number of ketones is 2. The van der Waals surface area contributed by atoms with E-state index in [0.717, 1.165) is 11.3 Å². The van der Waals surface area contributed by atoms with Crippen LogP contribution in [0.4, 0.5) is 5.69 Å². The van der Waals surface area contributed by atoms with Gasteiger partial charge in [0.05, 0.1) is 7.11 Å². The van der Waals surface area contributed by atoms with Crippen molar-refractivity contribution in [2.45, 2.75) is 19.8 Å². The number of carbonyl (C=O) groups is 3. The molecule has 0 bridgehead atoms. The number of rotatable bonds is 11. The van der Waals surface area contributed by atoms with Gasteiger partial charge in [-0.1, -0.05) is 25.0 Å². The number of amides is 1. The first-order chi connectivity index (χ1) is 16.9. The molecular formula is C29H27NO5. The smallest absolute Gasteiger partial charge is 0.291 e. The topological polar surface area (TPSA) is 81.7 Å². The normalized spacial score (nSPS) is 11.1. The van der Waals surface area contributed by atoms with Crippen LogP contribution in [0.3, 0.4) is 0 Å². The maximum atomic E-state index is 12.7. The molecule has 1 amide bonds. The van der Waals surface area contributed by atoms with Crippen LogP contribution < -0.4 is 14.8 Å². The van der Waals surface area contributed by atoms with E-state index in [2.05, 4.69) is 11.2 Å². The molecule has 0 heterocycles. The van der Waals surface area contributed by atoms with Gasteiger partial charge in [-0.3, -0.25) is 14.4 Å². The van der Waals surface area contributed by atoms with Crippen LogP contribution in [0.1, 0.15) is 34.8 Å². The molecule has 3 aromatic carbocycles. The highest BCUT2D eigenvalue weighted by Crippen LogP contribution is 2.19. The second kappa shape index (κ2) is 12.2. The number of methoxy groups -OCH3 is 1. The largest absolute Gasteiger partial charge is 0.497 e. The highest BCUT2D eigenvalue weighted by atomic mass is 16.5. The number of terminal acetylenes is 1. The lowest BCUT2D eigenvalue weighted by Crippen LogP contribution is -2.24. The molecule has 0 radical (unpaired) electrons. The summed E-state index contributed by atoms with van der Waals surface area (Å²) in [4.78, 5) is 37.5. The van der Waals surface area contributed by atoms with E-state index in [1.54, 1.807) is 55.6 Å². The van der Waals surface area contributed by atoms with Crippen LogP contribution in [-0.4, -0.2) is 31.2 Å². The zero-order valence-corrected chi connectivity index (χ0v) is 19.7. The van der Waals surface area contributed by atoms with Crippen LogP contribution in [0, 0.1) is 18.3 Å². The van der Waals surface area contributed by atoms with Gasteiger partial charge in [0.2, 0.25) is 5.78 Å². The molecule has 6 heteroatoms. The first-order valence-electron chi connectivity index (χ1n) is 11.2. The van der Waals surface area contributed by atoms with Gasteiger partial charge in [-0.25, -0.2) is 0 Å². The summed E-state index contributed by atoms with van der Waals surface area (Å²) in [6, 6.07) is 20.7. The monoisotopic (exact) mass is 469 g/mol. The van der Waals surface area contributed by atoms with E-state index in [1.807, 2.05) is 31.2 Å². The fourth-order valence-electron chi connectivity index (χ4n) is 3.55. The Morgan fingerprint density at radius 1 is 0.886 bits per heavy atom. The third-order valence-corrected chi connectivity index (χ3v) is 5.37. The van der Waals surface area contributed by atoms with Gasteiger partial charge in [-0.05, 0) is 78.6 Å². The molecule has 0 saturated carbocycles. The molecule has 0 aliphatic rings. The highest BCUT2D eigenvalue weighted by molar-refractivity contribution is 6.40. The van der Waals surface area contributed by atoms with Gasteiger partial charge in [-0.2, -0.15) is 0 Å². The van der Waals surface area contributed by atoms with E-state index >= 15 is 0 Å². The van der Waals surface area contributed by atoms with Crippen LogP contribution in [-0.2, 0) is 16.0 Å². The number of anilines is 1. The van der Waals surface area contributed by atoms with Crippen LogP contribution >= 0.6 is 0 Å². The quantitative estimate of drug-likeness (QED) is 0.250. The molecule has 3 rings (SSSR count). The van der Waals surface area contributed by atoms with E-state index in [0.29, 0.717) is 29.0 Å². The minimum atomic E-state index is -0.673. The van der Waals surface area contributed by atoms with Crippen molar-refractivity contribution in [1.82, 2.24) is 0 Å². The van der Waals surface area contributed by atoms with Crippen molar-refractivity contribution in [2.24, 2.45) is 5.92 Å². The summed E-state index contributed by atoms with van der Waals surface area (Å²) in [5.41, 5.74) is 2.47. The lowest BCUT2D eigenvalue weighted by Gasteiger charge is -2.11. The van der Waals surface area contributed by atoms with Gasteiger partial charge >= 0.3 is 0 Å². The molecule has 178 valence electrons. The van der Waals surface area contributed by atoms with Crippen molar-refractivity contribution in [3.05, 3.63) is 89.5 Å². The Labute approximate surface area is 205 Å². The minimum Gasteiger partial charge on any atom is -0.497 e. The molecule has 0 aliphatic carbocycles. The lowest BCUT2D eigenvalue weighted by atomic mass is 9.96. The van der Waals surface area contributed by atoms with Crippen molar-refractivity contribution >= 4 is 23.2 Å². The van der Waals surface area contributed by atoms with Crippen LogP contribution in [0.25, 0.3) is 0 Å². The standard InChI is InChI=1S/C29H27NO5/c1-4-17-35-26-15-9-23(10-16-26)28(32)22-7-11-24(12-8-22)30-29(33)27(31)19-20(2)18-21-5-13-25(34-3)14-6-21/h1,5-16,20H,17-19H2,2-3H3,(H,30,33). The minimum absolute atomic E-state index is 0.00463. The lowest BCUT2D eigenvalue weighted by molar-refractivity contribution is -0.135. The summed E-state index contributed by atoms with van der Waals surface area (Å²) in [5.74, 6) is 2.41. The van der Waals surface area contributed by atoms with Gasteiger partial charge in [-0.15, -0.1) is 6.42 Å². The predicted octanol–water partition coefficient (Wildman–Crippen LogP) is 4.71. The molecule has 0 fully saturated rings. The Bertz CT molecular complexity index is 1210. The molecule has 0 saturated heterocycles. The van der Waals surface area contributed by atoms with E-state index < -0.39 is 11.7 Å². The first-order valence-corrected chi connectivity index (χ1v) is 11.2. The summed E-state index contributed by atoms with van der Waals surface area (Å²) >= 11 is 0. The van der Waals surface area contributed by atoms with E-state index in [-0.39, 0.29) is 24.7 Å². The number of Topliss-reactive ketones (excluding diaryl/α,β-unsaturated/α-hetero) is 1. The molecule has 0 aromatic heterocycles. The Hall–Kier alpha value is -4.37. The number of carbonyl (C=O) groups excluding carboxylic acids is 3. The van der Waals surface area contributed by atoms with Gasteiger partial charge in [0.15, 0.2) is 5.78 Å². The van der Waals surface area contributed by atoms with Crippen LogP contribution in [0.15, 0.2) is 72.8 Å². The average Bonchev–Trinajstić information content (AvgIpc) is 2.88.